The highest BCUT2D eigenvalue weighted by Gasteiger charge is 2.28. The summed E-state index contributed by atoms with van der Waals surface area (Å²) in [6.07, 6.45) is 0. The van der Waals surface area contributed by atoms with Crippen molar-refractivity contribution in [3.63, 3.8) is 0 Å². The summed E-state index contributed by atoms with van der Waals surface area (Å²) in [6, 6.07) is 33.0. The SMILES string of the molecule is COc1c(OCc2ccccc2)cc2oc(-c3ccc(OCc4ccccc4)cc3)c(OS(=O)(=O)c3ccc(C)cc3)c(=O)c2c1O. The lowest BCUT2D eigenvalue weighted by molar-refractivity contribution is 0.278. The molecular weight excluding hydrogens is 620 g/mol. The van der Waals surface area contributed by atoms with Gasteiger partial charge in [-0.25, -0.2) is 0 Å². The Labute approximate surface area is 271 Å². The molecule has 1 aromatic heterocycles. The molecule has 0 radical (unpaired) electrons. The van der Waals surface area contributed by atoms with Gasteiger partial charge in [-0.1, -0.05) is 78.4 Å². The molecule has 6 aromatic rings. The van der Waals surface area contributed by atoms with E-state index in [1.165, 1.54) is 25.3 Å². The molecule has 0 bridgehead atoms. The first kappa shape index (κ1) is 31.3. The van der Waals surface area contributed by atoms with Crippen molar-refractivity contribution in [2.24, 2.45) is 0 Å². The van der Waals surface area contributed by atoms with Gasteiger partial charge in [0, 0.05) is 11.6 Å². The number of aromatic hydroxyl groups is 1. The maximum atomic E-state index is 14.1. The second-order valence-electron chi connectivity index (χ2n) is 10.6. The molecule has 1 N–H and O–H groups in total. The quantitative estimate of drug-likeness (QED) is 0.143. The number of ether oxygens (including phenoxy) is 3. The van der Waals surface area contributed by atoms with E-state index < -0.39 is 27.0 Å². The number of methoxy groups -OCH3 is 1. The zero-order valence-electron chi connectivity index (χ0n) is 25.5. The molecule has 10 heteroatoms. The average Bonchev–Trinajstić information content (AvgIpc) is 3.09. The van der Waals surface area contributed by atoms with Crippen LogP contribution < -0.4 is 23.8 Å². The molecule has 0 aliphatic carbocycles. The number of benzene rings is 5. The molecule has 6 rings (SSSR count). The number of hydrogen-bond donors (Lipinski definition) is 1. The monoisotopic (exact) mass is 650 g/mol. The third kappa shape index (κ3) is 6.78. The molecule has 0 atom stereocenters. The van der Waals surface area contributed by atoms with Crippen LogP contribution in [0.4, 0.5) is 0 Å². The Balaban J connectivity index is 1.45. The van der Waals surface area contributed by atoms with Crippen molar-refractivity contribution >= 4 is 21.1 Å². The lowest BCUT2D eigenvalue weighted by atomic mass is 10.1. The molecule has 9 nitrogen and oxygen atoms in total. The summed E-state index contributed by atoms with van der Waals surface area (Å²) in [6.45, 7) is 2.29. The van der Waals surface area contributed by atoms with E-state index >= 15 is 0 Å². The maximum Gasteiger partial charge on any atom is 0.339 e. The van der Waals surface area contributed by atoms with Crippen molar-refractivity contribution in [1.29, 1.82) is 0 Å². The van der Waals surface area contributed by atoms with Crippen LogP contribution in [0.3, 0.4) is 0 Å². The van der Waals surface area contributed by atoms with Gasteiger partial charge in [0.2, 0.25) is 16.9 Å². The van der Waals surface area contributed by atoms with E-state index in [2.05, 4.69) is 0 Å². The minimum Gasteiger partial charge on any atom is -0.504 e. The number of rotatable bonds is 11. The molecule has 238 valence electrons. The number of aryl methyl sites for hydroxylation is 1. The van der Waals surface area contributed by atoms with Gasteiger partial charge in [-0.3, -0.25) is 4.79 Å². The summed E-state index contributed by atoms with van der Waals surface area (Å²) < 4.78 is 55.8. The van der Waals surface area contributed by atoms with Crippen LogP contribution in [0, 0.1) is 6.92 Å². The largest absolute Gasteiger partial charge is 0.504 e. The van der Waals surface area contributed by atoms with Gasteiger partial charge < -0.3 is 27.9 Å². The van der Waals surface area contributed by atoms with E-state index in [0.717, 1.165) is 16.7 Å². The van der Waals surface area contributed by atoms with Gasteiger partial charge in [-0.15, -0.1) is 0 Å². The second kappa shape index (κ2) is 13.3. The van der Waals surface area contributed by atoms with Crippen LogP contribution in [0.5, 0.6) is 28.7 Å². The van der Waals surface area contributed by atoms with Crippen molar-refractivity contribution in [2.75, 3.05) is 7.11 Å². The van der Waals surface area contributed by atoms with Gasteiger partial charge in [0.05, 0.1) is 7.11 Å². The molecule has 0 saturated carbocycles. The van der Waals surface area contributed by atoms with E-state index in [9.17, 15) is 18.3 Å². The van der Waals surface area contributed by atoms with Crippen LogP contribution in [-0.4, -0.2) is 20.6 Å². The molecule has 0 amide bonds. The predicted octanol–water partition coefficient (Wildman–Crippen LogP) is 7.41. The fourth-order valence-electron chi connectivity index (χ4n) is 4.89. The van der Waals surface area contributed by atoms with E-state index in [0.29, 0.717) is 17.9 Å². The van der Waals surface area contributed by atoms with Gasteiger partial charge in [0.25, 0.3) is 0 Å². The van der Waals surface area contributed by atoms with Crippen LogP contribution in [0.1, 0.15) is 16.7 Å². The Bertz CT molecular complexity index is 2180. The topological polar surface area (TPSA) is 121 Å². The average molecular weight is 651 g/mol. The Kier molecular flexibility index (Phi) is 8.86. The van der Waals surface area contributed by atoms with Crippen LogP contribution >= 0.6 is 0 Å². The van der Waals surface area contributed by atoms with E-state index in [-0.39, 0.29) is 39.7 Å². The smallest absolute Gasteiger partial charge is 0.339 e. The summed E-state index contributed by atoms with van der Waals surface area (Å²) in [4.78, 5) is 13.9. The fourth-order valence-corrected chi connectivity index (χ4v) is 5.82. The molecule has 0 unspecified atom stereocenters. The number of hydrogen-bond acceptors (Lipinski definition) is 9. The summed E-state index contributed by atoms with van der Waals surface area (Å²) >= 11 is 0. The third-order valence-electron chi connectivity index (χ3n) is 7.34. The van der Waals surface area contributed by atoms with Gasteiger partial charge >= 0.3 is 10.1 Å². The summed E-state index contributed by atoms with van der Waals surface area (Å²) in [5.41, 5.74) is 2.01. The van der Waals surface area contributed by atoms with E-state index in [4.69, 9.17) is 22.8 Å². The molecule has 5 aromatic carbocycles. The molecule has 0 aliphatic rings. The van der Waals surface area contributed by atoms with Crippen molar-refractivity contribution < 1.29 is 36.3 Å². The minimum atomic E-state index is -4.50. The molecule has 0 aliphatic heterocycles. The first-order valence-corrected chi connectivity index (χ1v) is 16.0. The number of phenolic OH excluding ortho intramolecular Hbond substituents is 1. The Morgan fingerprint density at radius 1 is 0.745 bits per heavy atom. The molecule has 0 fully saturated rings. The highest BCUT2D eigenvalue weighted by molar-refractivity contribution is 7.87. The second-order valence-corrected chi connectivity index (χ2v) is 12.2. The van der Waals surface area contributed by atoms with Gasteiger partial charge in [0.1, 0.15) is 34.8 Å². The maximum absolute atomic E-state index is 14.1. The predicted molar refractivity (Wildman–Crippen MR) is 177 cm³/mol. The van der Waals surface area contributed by atoms with Crippen LogP contribution in [-0.2, 0) is 23.3 Å². The molecular formula is C37H30O9S. The molecule has 47 heavy (non-hydrogen) atoms. The Hall–Kier alpha value is -5.74. The first-order chi connectivity index (χ1) is 22.7. The Morgan fingerprint density at radius 3 is 1.94 bits per heavy atom. The standard InChI is InChI=1S/C37H30O9S/c1-24-13-19-29(20-14-24)47(40,41)46-37-34(39)32-30(21-31(36(42-2)33(32)38)44-23-26-11-7-4-8-12-26)45-35(37)27-15-17-28(18-16-27)43-22-25-9-5-3-6-10-25/h3-21,38H,22-23H2,1-2H3. The lowest BCUT2D eigenvalue weighted by Gasteiger charge is -2.16. The zero-order chi connectivity index (χ0) is 33.0. The normalized spacial score (nSPS) is 11.3. The summed E-state index contributed by atoms with van der Waals surface area (Å²) in [5.74, 6) is -0.871. The van der Waals surface area contributed by atoms with Crippen LogP contribution in [0.15, 0.2) is 129 Å². The Morgan fingerprint density at radius 2 is 1.34 bits per heavy atom. The fraction of sp³-hybridized carbons (Fsp3) is 0.108. The zero-order valence-corrected chi connectivity index (χ0v) is 26.3. The number of fused-ring (bicyclic) bond motifs is 1. The van der Waals surface area contributed by atoms with Crippen molar-refractivity contribution in [1.82, 2.24) is 0 Å². The third-order valence-corrected chi connectivity index (χ3v) is 8.58. The number of phenols is 1. The van der Waals surface area contributed by atoms with E-state index in [1.54, 1.807) is 36.4 Å². The van der Waals surface area contributed by atoms with Crippen LogP contribution in [0.25, 0.3) is 22.3 Å². The minimum absolute atomic E-state index is 0.0733. The van der Waals surface area contributed by atoms with Crippen molar-refractivity contribution in [3.8, 4) is 40.1 Å². The van der Waals surface area contributed by atoms with Gasteiger partial charge in [-0.2, -0.15) is 8.42 Å². The highest BCUT2D eigenvalue weighted by atomic mass is 32.2. The first-order valence-electron chi connectivity index (χ1n) is 14.6. The highest BCUT2D eigenvalue weighted by Crippen LogP contribution is 2.44. The van der Waals surface area contributed by atoms with Crippen LogP contribution in [0.2, 0.25) is 0 Å². The molecule has 1 heterocycles. The lowest BCUT2D eigenvalue weighted by Crippen LogP contribution is -2.17. The summed E-state index contributed by atoms with van der Waals surface area (Å²) in [7, 11) is -3.18. The molecule has 0 saturated heterocycles. The van der Waals surface area contributed by atoms with Gasteiger partial charge in [0.15, 0.2) is 17.3 Å². The van der Waals surface area contributed by atoms with Crippen molar-refractivity contribution in [3.05, 3.63) is 142 Å². The molecule has 0 spiro atoms. The van der Waals surface area contributed by atoms with E-state index in [1.807, 2.05) is 67.6 Å². The van der Waals surface area contributed by atoms with Crippen molar-refractivity contribution in [2.45, 2.75) is 25.0 Å². The summed E-state index contributed by atoms with van der Waals surface area (Å²) in [5, 5.41) is 10.9. The van der Waals surface area contributed by atoms with Gasteiger partial charge in [-0.05, 0) is 54.4 Å².